The van der Waals surface area contributed by atoms with Crippen LogP contribution in [0.1, 0.15) is 31.2 Å². The van der Waals surface area contributed by atoms with Gasteiger partial charge in [-0.3, -0.25) is 0 Å². The average Bonchev–Trinajstić information content (AvgIpc) is 2.95. The normalized spacial score (nSPS) is 31.6. The zero-order valence-corrected chi connectivity index (χ0v) is 9.58. The van der Waals surface area contributed by atoms with Crippen LogP contribution < -0.4 is 5.32 Å². The predicted molar refractivity (Wildman–Crippen MR) is 64.4 cm³/mol. The van der Waals surface area contributed by atoms with E-state index in [-0.39, 0.29) is 5.41 Å². The highest BCUT2D eigenvalue weighted by molar-refractivity contribution is 5.32. The lowest BCUT2D eigenvalue weighted by Crippen LogP contribution is -2.35. The first-order valence-corrected chi connectivity index (χ1v) is 6.21. The topological polar surface area (TPSA) is 32.3 Å². The van der Waals surface area contributed by atoms with Crippen molar-refractivity contribution in [2.24, 2.45) is 0 Å². The van der Waals surface area contributed by atoms with Crippen molar-refractivity contribution in [3.8, 4) is 0 Å². The molecule has 86 valence electrons. The van der Waals surface area contributed by atoms with Crippen molar-refractivity contribution in [3.05, 3.63) is 35.9 Å². The van der Waals surface area contributed by atoms with Crippen molar-refractivity contribution in [1.29, 1.82) is 0 Å². The molecule has 2 fully saturated rings. The van der Waals surface area contributed by atoms with Crippen molar-refractivity contribution >= 4 is 0 Å². The summed E-state index contributed by atoms with van der Waals surface area (Å²) < 4.78 is 0. The van der Waals surface area contributed by atoms with E-state index in [0.717, 1.165) is 25.9 Å². The van der Waals surface area contributed by atoms with Crippen LogP contribution in [-0.4, -0.2) is 23.8 Å². The first kappa shape index (κ1) is 10.3. The molecule has 1 saturated heterocycles. The van der Waals surface area contributed by atoms with Crippen LogP contribution in [0.25, 0.3) is 0 Å². The fourth-order valence-electron chi connectivity index (χ4n) is 3.02. The highest BCUT2D eigenvalue weighted by Crippen LogP contribution is 2.53. The maximum Gasteiger partial charge on any atom is 0.0792 e. The number of rotatable bonds is 3. The van der Waals surface area contributed by atoms with Gasteiger partial charge in [-0.25, -0.2) is 0 Å². The van der Waals surface area contributed by atoms with Crippen molar-refractivity contribution in [2.75, 3.05) is 13.1 Å². The van der Waals surface area contributed by atoms with E-state index < -0.39 is 5.60 Å². The molecule has 1 atom stereocenters. The lowest BCUT2D eigenvalue weighted by Gasteiger charge is -2.27. The van der Waals surface area contributed by atoms with Crippen molar-refractivity contribution in [2.45, 2.75) is 36.7 Å². The summed E-state index contributed by atoms with van der Waals surface area (Å²) in [5, 5.41) is 13.7. The monoisotopic (exact) mass is 217 g/mol. The summed E-state index contributed by atoms with van der Waals surface area (Å²) in [6, 6.07) is 10.7. The Morgan fingerprint density at radius 1 is 1.12 bits per heavy atom. The summed E-state index contributed by atoms with van der Waals surface area (Å²) in [4.78, 5) is 0. The molecule has 1 aliphatic heterocycles. The van der Waals surface area contributed by atoms with Crippen LogP contribution in [0.3, 0.4) is 0 Å². The Morgan fingerprint density at radius 2 is 1.88 bits per heavy atom. The minimum absolute atomic E-state index is 0.280. The summed E-state index contributed by atoms with van der Waals surface area (Å²) in [7, 11) is 0. The van der Waals surface area contributed by atoms with Crippen molar-refractivity contribution < 1.29 is 5.11 Å². The molecule has 2 nitrogen and oxygen atoms in total. The first-order valence-electron chi connectivity index (χ1n) is 6.21. The third kappa shape index (κ3) is 1.76. The molecule has 1 heterocycles. The molecule has 1 unspecified atom stereocenters. The summed E-state index contributed by atoms with van der Waals surface area (Å²) in [5.74, 6) is 0. The van der Waals surface area contributed by atoms with E-state index in [2.05, 4.69) is 35.6 Å². The Balaban J connectivity index is 1.79. The van der Waals surface area contributed by atoms with Gasteiger partial charge in [-0.15, -0.1) is 0 Å². The fraction of sp³-hybridized carbons (Fsp3) is 0.571. The molecule has 1 saturated carbocycles. The molecule has 0 radical (unpaired) electrons. The molecular formula is C14H19NO. The third-order valence-corrected chi connectivity index (χ3v) is 4.13. The Labute approximate surface area is 96.7 Å². The average molecular weight is 217 g/mol. The molecule has 2 heteroatoms. The number of nitrogens with one attached hydrogen (secondary N) is 1. The van der Waals surface area contributed by atoms with Gasteiger partial charge in [-0.05, 0) is 43.2 Å². The van der Waals surface area contributed by atoms with E-state index in [4.69, 9.17) is 0 Å². The second-order valence-corrected chi connectivity index (χ2v) is 5.47. The standard InChI is InChI=1S/C14H19NO/c16-14(8-9-15-11-14)10-13(6-7-13)12-4-2-1-3-5-12/h1-5,15-16H,6-11H2. The number of hydrogen-bond donors (Lipinski definition) is 2. The first-order chi connectivity index (χ1) is 7.73. The smallest absolute Gasteiger partial charge is 0.0792 e. The molecule has 1 aliphatic carbocycles. The van der Waals surface area contributed by atoms with Gasteiger partial charge in [0.15, 0.2) is 0 Å². The van der Waals surface area contributed by atoms with Crippen molar-refractivity contribution in [3.63, 3.8) is 0 Å². The van der Waals surface area contributed by atoms with Crippen molar-refractivity contribution in [1.82, 2.24) is 5.32 Å². The largest absolute Gasteiger partial charge is 0.388 e. The van der Waals surface area contributed by atoms with E-state index in [1.165, 1.54) is 18.4 Å². The number of hydrogen-bond acceptors (Lipinski definition) is 2. The van der Waals surface area contributed by atoms with E-state index >= 15 is 0 Å². The lowest BCUT2D eigenvalue weighted by atomic mass is 9.83. The van der Waals surface area contributed by atoms with Crippen LogP contribution in [0.15, 0.2) is 30.3 Å². The van der Waals surface area contributed by atoms with Gasteiger partial charge in [0.25, 0.3) is 0 Å². The van der Waals surface area contributed by atoms with Gasteiger partial charge in [-0.2, -0.15) is 0 Å². The summed E-state index contributed by atoms with van der Waals surface area (Å²) in [6.07, 6.45) is 4.30. The van der Waals surface area contributed by atoms with E-state index in [9.17, 15) is 5.11 Å². The fourth-order valence-corrected chi connectivity index (χ4v) is 3.02. The van der Waals surface area contributed by atoms with Gasteiger partial charge in [0, 0.05) is 6.54 Å². The highest BCUT2D eigenvalue weighted by Gasteiger charge is 2.50. The van der Waals surface area contributed by atoms with E-state index in [0.29, 0.717) is 0 Å². The Hall–Kier alpha value is -0.860. The van der Waals surface area contributed by atoms with Gasteiger partial charge in [0.2, 0.25) is 0 Å². The summed E-state index contributed by atoms with van der Waals surface area (Å²) in [6.45, 7) is 1.73. The predicted octanol–water partition coefficient (Wildman–Crippen LogP) is 1.83. The number of β-amino-alcohol motifs (C(OH)–C–C–N with tert-alkyl or cyclic N) is 1. The van der Waals surface area contributed by atoms with Crippen LogP contribution in [0.2, 0.25) is 0 Å². The maximum absolute atomic E-state index is 10.5. The van der Waals surface area contributed by atoms with Gasteiger partial charge in [0.05, 0.1) is 5.60 Å². The van der Waals surface area contributed by atoms with E-state index in [1.807, 2.05) is 0 Å². The zero-order chi connectivity index (χ0) is 11.1. The quantitative estimate of drug-likeness (QED) is 0.809. The maximum atomic E-state index is 10.5. The molecule has 2 N–H and O–H groups in total. The summed E-state index contributed by atoms with van der Waals surface area (Å²) >= 11 is 0. The van der Waals surface area contributed by atoms with Crippen LogP contribution in [-0.2, 0) is 5.41 Å². The second kappa shape index (κ2) is 3.57. The molecule has 3 rings (SSSR count). The molecule has 1 aromatic rings. The van der Waals surface area contributed by atoms with Crippen LogP contribution in [0.5, 0.6) is 0 Å². The van der Waals surface area contributed by atoms with Crippen LogP contribution >= 0.6 is 0 Å². The Bertz CT molecular complexity index is 364. The lowest BCUT2D eigenvalue weighted by molar-refractivity contribution is 0.0414. The van der Waals surface area contributed by atoms with Crippen LogP contribution in [0, 0.1) is 0 Å². The molecule has 16 heavy (non-hydrogen) atoms. The molecule has 0 aromatic heterocycles. The van der Waals surface area contributed by atoms with E-state index in [1.54, 1.807) is 0 Å². The van der Waals surface area contributed by atoms with Gasteiger partial charge < -0.3 is 10.4 Å². The summed E-state index contributed by atoms with van der Waals surface area (Å²) in [5.41, 5.74) is 1.23. The zero-order valence-electron chi connectivity index (χ0n) is 9.58. The number of aliphatic hydroxyl groups is 1. The van der Waals surface area contributed by atoms with Gasteiger partial charge in [-0.1, -0.05) is 30.3 Å². The minimum Gasteiger partial charge on any atom is -0.388 e. The molecule has 0 bridgehead atoms. The molecule has 1 aromatic carbocycles. The Kier molecular flexibility index (Phi) is 2.30. The molecule has 0 spiro atoms. The highest BCUT2D eigenvalue weighted by atomic mass is 16.3. The van der Waals surface area contributed by atoms with Gasteiger partial charge >= 0.3 is 0 Å². The van der Waals surface area contributed by atoms with Gasteiger partial charge in [0.1, 0.15) is 0 Å². The third-order valence-electron chi connectivity index (χ3n) is 4.13. The van der Waals surface area contributed by atoms with Crippen LogP contribution in [0.4, 0.5) is 0 Å². The number of benzene rings is 1. The second-order valence-electron chi connectivity index (χ2n) is 5.47. The minimum atomic E-state index is -0.466. The SMILES string of the molecule is OC1(CC2(c3ccccc3)CC2)CCNC1. The Morgan fingerprint density at radius 3 is 2.44 bits per heavy atom. The molecular weight excluding hydrogens is 198 g/mol. The molecule has 2 aliphatic rings. The molecule has 0 amide bonds.